The molecule has 0 atom stereocenters. The van der Waals surface area contributed by atoms with Crippen LogP contribution in [0.1, 0.15) is 37.0 Å². The zero-order chi connectivity index (χ0) is 17.7. The van der Waals surface area contributed by atoms with Crippen molar-refractivity contribution in [1.29, 1.82) is 0 Å². The largest absolute Gasteiger partial charge is 0.481 e. The minimum Gasteiger partial charge on any atom is -0.481 e. The van der Waals surface area contributed by atoms with E-state index >= 15 is 0 Å². The van der Waals surface area contributed by atoms with Crippen LogP contribution in [0.15, 0.2) is 48.5 Å². The van der Waals surface area contributed by atoms with Crippen molar-refractivity contribution in [2.45, 2.75) is 39.0 Å². The van der Waals surface area contributed by atoms with Crippen molar-refractivity contribution in [2.24, 2.45) is 0 Å². The van der Waals surface area contributed by atoms with Crippen LogP contribution in [0.25, 0.3) is 0 Å². The molecule has 0 spiro atoms. The SMILES string of the molecule is Cc1cccc(CCC(=O)Nc2ccc(C(C)(C)C(=O)O)cc2)c1. The molecule has 24 heavy (non-hydrogen) atoms. The monoisotopic (exact) mass is 325 g/mol. The number of carboxylic acids is 1. The third-order valence-corrected chi connectivity index (χ3v) is 4.15. The number of carboxylic acid groups (broad SMARTS) is 1. The molecule has 0 aliphatic carbocycles. The zero-order valence-electron chi connectivity index (χ0n) is 14.3. The zero-order valence-corrected chi connectivity index (χ0v) is 14.3. The Balaban J connectivity index is 1.93. The van der Waals surface area contributed by atoms with Crippen molar-refractivity contribution in [3.8, 4) is 0 Å². The molecule has 2 rings (SSSR count). The molecule has 0 aromatic heterocycles. The van der Waals surface area contributed by atoms with E-state index in [0.29, 0.717) is 24.1 Å². The summed E-state index contributed by atoms with van der Waals surface area (Å²) in [4.78, 5) is 23.3. The molecule has 0 saturated heterocycles. The number of amides is 1. The number of hydrogen-bond donors (Lipinski definition) is 2. The summed E-state index contributed by atoms with van der Waals surface area (Å²) in [6.07, 6.45) is 1.10. The number of aliphatic carboxylic acids is 1. The predicted molar refractivity (Wildman–Crippen MR) is 95.2 cm³/mol. The predicted octanol–water partition coefficient (Wildman–Crippen LogP) is 3.93. The molecule has 4 nitrogen and oxygen atoms in total. The second-order valence-electron chi connectivity index (χ2n) is 6.54. The first kappa shape index (κ1) is 17.7. The van der Waals surface area contributed by atoms with E-state index in [-0.39, 0.29) is 5.91 Å². The summed E-state index contributed by atoms with van der Waals surface area (Å²) in [5.74, 6) is -0.931. The van der Waals surface area contributed by atoms with E-state index in [1.807, 2.05) is 25.1 Å². The molecule has 0 radical (unpaired) electrons. The quantitative estimate of drug-likeness (QED) is 0.845. The highest BCUT2D eigenvalue weighted by Crippen LogP contribution is 2.24. The van der Waals surface area contributed by atoms with Crippen LogP contribution in [0.2, 0.25) is 0 Å². The van der Waals surface area contributed by atoms with Crippen LogP contribution < -0.4 is 5.32 Å². The number of hydrogen-bond acceptors (Lipinski definition) is 2. The van der Waals surface area contributed by atoms with E-state index in [1.54, 1.807) is 38.1 Å². The molecule has 2 N–H and O–H groups in total. The number of benzene rings is 2. The summed E-state index contributed by atoms with van der Waals surface area (Å²) in [5.41, 5.74) is 2.75. The number of aryl methyl sites for hydroxylation is 2. The smallest absolute Gasteiger partial charge is 0.313 e. The molecular formula is C20H23NO3. The first-order valence-corrected chi connectivity index (χ1v) is 7.98. The lowest BCUT2D eigenvalue weighted by molar-refractivity contribution is -0.142. The van der Waals surface area contributed by atoms with E-state index in [0.717, 1.165) is 5.56 Å². The van der Waals surface area contributed by atoms with Gasteiger partial charge < -0.3 is 10.4 Å². The molecule has 2 aromatic carbocycles. The Bertz CT molecular complexity index is 733. The molecule has 1 amide bonds. The number of anilines is 1. The standard InChI is InChI=1S/C20H23NO3/c1-14-5-4-6-15(13-14)7-12-18(22)21-17-10-8-16(9-11-17)20(2,3)19(23)24/h4-6,8-11,13H,7,12H2,1-3H3,(H,21,22)(H,23,24). The lowest BCUT2D eigenvalue weighted by Gasteiger charge is -2.19. The molecule has 0 saturated carbocycles. The van der Waals surface area contributed by atoms with Crippen LogP contribution >= 0.6 is 0 Å². The van der Waals surface area contributed by atoms with Gasteiger partial charge in [-0.3, -0.25) is 9.59 Å². The van der Waals surface area contributed by atoms with Gasteiger partial charge in [-0.2, -0.15) is 0 Å². The Morgan fingerprint density at radius 1 is 1.08 bits per heavy atom. The van der Waals surface area contributed by atoms with Crippen LogP contribution in [-0.2, 0) is 21.4 Å². The number of rotatable bonds is 6. The Morgan fingerprint density at radius 3 is 2.33 bits per heavy atom. The summed E-state index contributed by atoms with van der Waals surface area (Å²) in [5, 5.41) is 12.1. The Morgan fingerprint density at radius 2 is 1.75 bits per heavy atom. The molecule has 0 aliphatic heterocycles. The highest BCUT2D eigenvalue weighted by Gasteiger charge is 2.29. The molecule has 0 fully saturated rings. The maximum atomic E-state index is 12.1. The van der Waals surface area contributed by atoms with Gasteiger partial charge in [0.15, 0.2) is 0 Å². The van der Waals surface area contributed by atoms with Gasteiger partial charge in [0.05, 0.1) is 5.41 Å². The van der Waals surface area contributed by atoms with Gasteiger partial charge >= 0.3 is 5.97 Å². The maximum absolute atomic E-state index is 12.1. The van der Waals surface area contributed by atoms with E-state index in [9.17, 15) is 14.7 Å². The van der Waals surface area contributed by atoms with Gasteiger partial charge in [0.25, 0.3) is 0 Å². The van der Waals surface area contributed by atoms with E-state index in [4.69, 9.17) is 0 Å². The molecule has 0 heterocycles. The third-order valence-electron chi connectivity index (χ3n) is 4.15. The minimum absolute atomic E-state index is 0.0539. The molecular weight excluding hydrogens is 302 g/mol. The summed E-state index contributed by atoms with van der Waals surface area (Å²) in [6, 6.07) is 15.1. The van der Waals surface area contributed by atoms with E-state index in [2.05, 4.69) is 11.4 Å². The van der Waals surface area contributed by atoms with Crippen LogP contribution in [-0.4, -0.2) is 17.0 Å². The van der Waals surface area contributed by atoms with Crippen LogP contribution in [0.5, 0.6) is 0 Å². The number of carbonyl (C=O) groups excluding carboxylic acids is 1. The third kappa shape index (κ3) is 4.44. The van der Waals surface area contributed by atoms with Gasteiger partial charge in [-0.05, 0) is 50.5 Å². The number of nitrogens with one attached hydrogen (secondary N) is 1. The van der Waals surface area contributed by atoms with Gasteiger partial charge in [0.2, 0.25) is 5.91 Å². The van der Waals surface area contributed by atoms with Gasteiger partial charge in [-0.1, -0.05) is 42.0 Å². The second kappa shape index (κ2) is 7.30. The topological polar surface area (TPSA) is 66.4 Å². The summed E-state index contributed by atoms with van der Waals surface area (Å²) < 4.78 is 0. The van der Waals surface area contributed by atoms with E-state index < -0.39 is 11.4 Å². The van der Waals surface area contributed by atoms with Gasteiger partial charge in [0.1, 0.15) is 0 Å². The van der Waals surface area contributed by atoms with Crippen molar-refractivity contribution in [3.05, 3.63) is 65.2 Å². The first-order chi connectivity index (χ1) is 11.3. The van der Waals surface area contributed by atoms with E-state index in [1.165, 1.54) is 5.56 Å². The Labute approximate surface area is 142 Å². The summed E-state index contributed by atoms with van der Waals surface area (Å²) >= 11 is 0. The fourth-order valence-corrected chi connectivity index (χ4v) is 2.44. The minimum atomic E-state index is -0.951. The van der Waals surface area contributed by atoms with Gasteiger partial charge in [-0.25, -0.2) is 0 Å². The number of carbonyl (C=O) groups is 2. The Kier molecular flexibility index (Phi) is 5.39. The average molecular weight is 325 g/mol. The average Bonchev–Trinajstić information content (AvgIpc) is 2.53. The van der Waals surface area contributed by atoms with Crippen molar-refractivity contribution < 1.29 is 14.7 Å². The van der Waals surface area contributed by atoms with Crippen LogP contribution in [0, 0.1) is 6.92 Å². The molecule has 0 unspecified atom stereocenters. The lowest BCUT2D eigenvalue weighted by atomic mass is 9.85. The fourth-order valence-electron chi connectivity index (χ4n) is 2.44. The molecule has 2 aromatic rings. The molecule has 0 bridgehead atoms. The normalized spacial score (nSPS) is 11.1. The van der Waals surface area contributed by atoms with Crippen molar-refractivity contribution >= 4 is 17.6 Å². The van der Waals surface area contributed by atoms with Gasteiger partial charge in [-0.15, -0.1) is 0 Å². The lowest BCUT2D eigenvalue weighted by Crippen LogP contribution is -2.28. The van der Waals surface area contributed by atoms with Crippen LogP contribution in [0.4, 0.5) is 5.69 Å². The van der Waals surface area contributed by atoms with Crippen molar-refractivity contribution in [1.82, 2.24) is 0 Å². The molecule has 126 valence electrons. The van der Waals surface area contributed by atoms with Gasteiger partial charge in [0, 0.05) is 12.1 Å². The van der Waals surface area contributed by atoms with Crippen molar-refractivity contribution in [2.75, 3.05) is 5.32 Å². The van der Waals surface area contributed by atoms with Crippen molar-refractivity contribution in [3.63, 3.8) is 0 Å². The molecule has 0 aliphatic rings. The summed E-state index contributed by atoms with van der Waals surface area (Å²) in [6.45, 7) is 5.35. The summed E-state index contributed by atoms with van der Waals surface area (Å²) in [7, 11) is 0. The van der Waals surface area contributed by atoms with Crippen LogP contribution in [0.3, 0.4) is 0 Å². The molecule has 4 heteroatoms. The maximum Gasteiger partial charge on any atom is 0.313 e. The highest BCUT2D eigenvalue weighted by atomic mass is 16.4. The Hall–Kier alpha value is -2.62. The fraction of sp³-hybridized carbons (Fsp3) is 0.300. The highest BCUT2D eigenvalue weighted by molar-refractivity contribution is 5.91. The first-order valence-electron chi connectivity index (χ1n) is 7.98. The second-order valence-corrected chi connectivity index (χ2v) is 6.54.